The van der Waals surface area contributed by atoms with Crippen LogP contribution in [-0.2, 0) is 19.4 Å². The number of carboxylic acid groups (broad SMARTS) is 1. The molecule has 90 valence electrons. The average molecular weight is 240 g/mol. The van der Waals surface area contributed by atoms with E-state index in [1.54, 1.807) is 0 Å². The monoisotopic (exact) mass is 240 g/mol. The van der Waals surface area contributed by atoms with Gasteiger partial charge in [0.1, 0.15) is 0 Å². The van der Waals surface area contributed by atoms with Crippen molar-refractivity contribution in [3.8, 4) is 0 Å². The third-order valence-electron chi connectivity index (χ3n) is 1.77. The number of unbranched alkanes of at least 4 members (excludes halogenated alkanes) is 4. The van der Waals surface area contributed by atoms with Crippen LogP contribution in [0.15, 0.2) is 0 Å². The van der Waals surface area contributed by atoms with Gasteiger partial charge in [0.05, 0.1) is 6.61 Å². The van der Waals surface area contributed by atoms with Crippen LogP contribution in [0, 0.1) is 0 Å². The summed E-state index contributed by atoms with van der Waals surface area (Å²) < 4.78 is 32.5. The number of aliphatic carboxylic acids is 1. The van der Waals surface area contributed by atoms with Crippen LogP contribution >= 0.6 is 0 Å². The maximum Gasteiger partial charge on any atom is 0.397 e. The third kappa shape index (κ3) is 13.3. The molecule has 0 saturated carbocycles. The maximum atomic E-state index is 10.1. The first-order valence-electron chi connectivity index (χ1n) is 4.75. The van der Waals surface area contributed by atoms with Crippen LogP contribution in [0.1, 0.15) is 38.5 Å². The molecule has 0 rings (SSSR count). The SMILES string of the molecule is O=C(O)CCCCCCCOS(=O)(=O)O. The number of rotatable bonds is 9. The number of carbonyl (C=O) groups is 1. The summed E-state index contributed by atoms with van der Waals surface area (Å²) in [6, 6.07) is 0. The summed E-state index contributed by atoms with van der Waals surface area (Å²) in [6.45, 7) is -0.0300. The lowest BCUT2D eigenvalue weighted by atomic mass is 10.1. The molecule has 0 radical (unpaired) electrons. The smallest absolute Gasteiger partial charge is 0.397 e. The molecule has 0 unspecified atom stereocenters. The zero-order valence-electron chi connectivity index (χ0n) is 8.39. The van der Waals surface area contributed by atoms with Crippen molar-refractivity contribution in [1.82, 2.24) is 0 Å². The van der Waals surface area contributed by atoms with Crippen LogP contribution in [0.3, 0.4) is 0 Å². The van der Waals surface area contributed by atoms with Gasteiger partial charge in [-0.05, 0) is 12.8 Å². The van der Waals surface area contributed by atoms with Gasteiger partial charge in [-0.25, -0.2) is 4.18 Å². The summed E-state index contributed by atoms with van der Waals surface area (Å²) in [6.07, 6.45) is 3.73. The molecule has 0 amide bonds. The van der Waals surface area contributed by atoms with Gasteiger partial charge in [-0.2, -0.15) is 8.42 Å². The Hall–Kier alpha value is -0.660. The highest BCUT2D eigenvalue weighted by molar-refractivity contribution is 7.80. The highest BCUT2D eigenvalue weighted by Crippen LogP contribution is 2.05. The highest BCUT2D eigenvalue weighted by atomic mass is 32.3. The lowest BCUT2D eigenvalue weighted by molar-refractivity contribution is -0.137. The standard InChI is InChI=1S/C8H16O6S/c9-8(10)6-4-2-1-3-5-7-14-15(11,12)13/h1-7H2,(H,9,10)(H,11,12,13). The van der Waals surface area contributed by atoms with Crippen molar-refractivity contribution < 1.29 is 27.1 Å². The Labute approximate surface area is 89.2 Å². The molecule has 0 atom stereocenters. The van der Waals surface area contributed by atoms with Crippen molar-refractivity contribution in [1.29, 1.82) is 0 Å². The minimum Gasteiger partial charge on any atom is -0.481 e. The molecule has 0 aromatic carbocycles. The van der Waals surface area contributed by atoms with Gasteiger partial charge in [0.25, 0.3) is 0 Å². The molecule has 15 heavy (non-hydrogen) atoms. The summed E-state index contributed by atoms with van der Waals surface area (Å²) in [5, 5.41) is 8.33. The third-order valence-corrected chi connectivity index (χ3v) is 2.23. The van der Waals surface area contributed by atoms with E-state index < -0.39 is 16.4 Å². The van der Waals surface area contributed by atoms with E-state index in [4.69, 9.17) is 9.66 Å². The van der Waals surface area contributed by atoms with Crippen molar-refractivity contribution >= 4 is 16.4 Å². The van der Waals surface area contributed by atoms with Gasteiger partial charge in [0.15, 0.2) is 0 Å². The van der Waals surface area contributed by atoms with E-state index in [0.29, 0.717) is 12.8 Å². The van der Waals surface area contributed by atoms with Crippen LogP contribution in [-0.4, -0.2) is 30.7 Å². The van der Waals surface area contributed by atoms with Crippen LogP contribution in [0.25, 0.3) is 0 Å². The predicted molar refractivity (Wildman–Crippen MR) is 52.8 cm³/mol. The molecule has 6 nitrogen and oxygen atoms in total. The molecule has 2 N–H and O–H groups in total. The molecule has 7 heteroatoms. The fourth-order valence-electron chi connectivity index (χ4n) is 1.07. The van der Waals surface area contributed by atoms with Gasteiger partial charge in [0.2, 0.25) is 0 Å². The fraction of sp³-hybridized carbons (Fsp3) is 0.875. The van der Waals surface area contributed by atoms with E-state index >= 15 is 0 Å². The lowest BCUT2D eigenvalue weighted by Crippen LogP contribution is -2.04. The van der Waals surface area contributed by atoms with E-state index in [1.165, 1.54) is 0 Å². The molecule has 0 aliphatic heterocycles. The fourth-order valence-corrected chi connectivity index (χ4v) is 1.40. The Morgan fingerprint density at radius 2 is 1.60 bits per heavy atom. The summed E-state index contributed by atoms with van der Waals surface area (Å²) in [4.78, 5) is 10.1. The zero-order valence-corrected chi connectivity index (χ0v) is 9.20. The second kappa shape index (κ2) is 7.61. The molecule has 0 heterocycles. The summed E-state index contributed by atoms with van der Waals surface area (Å²) in [5.74, 6) is -0.801. The summed E-state index contributed by atoms with van der Waals surface area (Å²) in [5.41, 5.74) is 0. The van der Waals surface area contributed by atoms with Crippen LogP contribution < -0.4 is 0 Å². The average Bonchev–Trinajstić information content (AvgIpc) is 2.07. The molecule has 0 aromatic heterocycles. The van der Waals surface area contributed by atoms with Gasteiger partial charge in [-0.1, -0.05) is 19.3 Å². The molecule has 0 aromatic rings. The van der Waals surface area contributed by atoms with E-state index in [2.05, 4.69) is 4.18 Å². The van der Waals surface area contributed by atoms with Crippen molar-refractivity contribution in [2.75, 3.05) is 6.61 Å². The minimum atomic E-state index is -4.31. The first-order chi connectivity index (χ1) is 6.92. The molecule has 0 aliphatic rings. The number of hydrogen-bond donors (Lipinski definition) is 2. The van der Waals surface area contributed by atoms with Crippen LogP contribution in [0.5, 0.6) is 0 Å². The second-order valence-corrected chi connectivity index (χ2v) is 4.25. The first kappa shape index (κ1) is 14.3. The maximum absolute atomic E-state index is 10.1. The summed E-state index contributed by atoms with van der Waals surface area (Å²) in [7, 11) is -4.31. The van der Waals surface area contributed by atoms with Crippen LogP contribution in [0.4, 0.5) is 0 Å². The van der Waals surface area contributed by atoms with E-state index in [-0.39, 0.29) is 13.0 Å². The topological polar surface area (TPSA) is 101 Å². The van der Waals surface area contributed by atoms with Gasteiger partial charge < -0.3 is 5.11 Å². The molecule has 0 spiro atoms. The van der Waals surface area contributed by atoms with Crippen molar-refractivity contribution in [3.63, 3.8) is 0 Å². The molecule has 0 fully saturated rings. The number of hydrogen-bond acceptors (Lipinski definition) is 4. The normalized spacial score (nSPS) is 11.5. The van der Waals surface area contributed by atoms with Crippen molar-refractivity contribution in [2.45, 2.75) is 38.5 Å². The molecule has 0 aliphatic carbocycles. The number of carboxylic acids is 1. The largest absolute Gasteiger partial charge is 0.481 e. The van der Waals surface area contributed by atoms with Gasteiger partial charge >= 0.3 is 16.4 Å². The quantitative estimate of drug-likeness (QED) is 0.464. The van der Waals surface area contributed by atoms with E-state index in [0.717, 1.165) is 19.3 Å². The molecular weight excluding hydrogens is 224 g/mol. The summed E-state index contributed by atoms with van der Waals surface area (Å²) >= 11 is 0. The van der Waals surface area contributed by atoms with Crippen molar-refractivity contribution in [2.24, 2.45) is 0 Å². The van der Waals surface area contributed by atoms with Gasteiger partial charge in [-0.3, -0.25) is 9.35 Å². The second-order valence-electron chi connectivity index (χ2n) is 3.16. The predicted octanol–water partition coefficient (Wildman–Crippen LogP) is 1.23. The van der Waals surface area contributed by atoms with Gasteiger partial charge in [0, 0.05) is 6.42 Å². The van der Waals surface area contributed by atoms with E-state index in [1.807, 2.05) is 0 Å². The Morgan fingerprint density at radius 1 is 1.07 bits per heavy atom. The minimum absolute atomic E-state index is 0.0300. The zero-order chi connectivity index (χ0) is 11.7. The molecule has 0 bridgehead atoms. The Balaban J connectivity index is 3.16. The van der Waals surface area contributed by atoms with Gasteiger partial charge in [-0.15, -0.1) is 0 Å². The Kier molecular flexibility index (Phi) is 7.27. The molecular formula is C8H16O6S. The van der Waals surface area contributed by atoms with Crippen LogP contribution in [0.2, 0.25) is 0 Å². The Morgan fingerprint density at radius 3 is 2.13 bits per heavy atom. The lowest BCUT2D eigenvalue weighted by Gasteiger charge is -2.00. The highest BCUT2D eigenvalue weighted by Gasteiger charge is 2.02. The first-order valence-corrected chi connectivity index (χ1v) is 6.12. The van der Waals surface area contributed by atoms with Crippen molar-refractivity contribution in [3.05, 3.63) is 0 Å². The van der Waals surface area contributed by atoms with E-state index in [9.17, 15) is 13.2 Å². The Bertz CT molecular complexity index is 271. The molecule has 0 saturated heterocycles.